The molecule has 0 saturated carbocycles. The smallest absolute Gasteiger partial charge is 0.246 e. The zero-order chi connectivity index (χ0) is 16.0. The summed E-state index contributed by atoms with van der Waals surface area (Å²) in [6.45, 7) is 4.31. The van der Waals surface area contributed by atoms with Crippen LogP contribution in [0.2, 0.25) is 0 Å². The van der Waals surface area contributed by atoms with Gasteiger partial charge in [-0.2, -0.15) is 5.10 Å². The number of benzene rings is 1. The summed E-state index contributed by atoms with van der Waals surface area (Å²) < 4.78 is 1.98. The number of thioether (sulfide) groups is 1. The molecule has 120 valence electrons. The van der Waals surface area contributed by atoms with E-state index in [0.717, 1.165) is 24.4 Å². The molecule has 3 heterocycles. The molecule has 2 aliphatic rings. The third-order valence-electron chi connectivity index (χ3n) is 4.89. The van der Waals surface area contributed by atoms with E-state index in [9.17, 15) is 4.79 Å². The van der Waals surface area contributed by atoms with E-state index in [1.807, 2.05) is 21.7 Å². The standard InChI is InChI=1S/C18H21N3OS/c1-12-11-13(2)21-16(7-9-19-21)20(12)18(22)17-15-6-4-3-5-14(15)8-10-23-17/h3-7,9,12-13,17H,8,10-11H2,1-2H3/t12-,13+,17-/m0/s1. The Kier molecular flexibility index (Phi) is 3.68. The molecule has 4 nitrogen and oxygen atoms in total. The summed E-state index contributed by atoms with van der Waals surface area (Å²) in [5.74, 6) is 2.14. The topological polar surface area (TPSA) is 38.1 Å². The SMILES string of the molecule is C[C@@H]1C[C@H](C)N(C(=O)[C@H]2SCCc3ccccc32)c2ccnn21. The predicted octanol–water partition coefficient (Wildman–Crippen LogP) is 3.60. The normalized spacial score (nSPS) is 26.5. The summed E-state index contributed by atoms with van der Waals surface area (Å²) in [5.41, 5.74) is 2.50. The first-order valence-corrected chi connectivity index (χ1v) is 9.27. The largest absolute Gasteiger partial charge is 0.293 e. The fraction of sp³-hybridized carbons (Fsp3) is 0.444. The third-order valence-corrected chi connectivity index (χ3v) is 6.12. The lowest BCUT2D eigenvalue weighted by Gasteiger charge is -2.39. The van der Waals surface area contributed by atoms with Gasteiger partial charge in [-0.05, 0) is 43.6 Å². The van der Waals surface area contributed by atoms with Crippen molar-refractivity contribution in [2.75, 3.05) is 10.7 Å². The van der Waals surface area contributed by atoms with Crippen molar-refractivity contribution in [3.8, 4) is 0 Å². The molecule has 0 fully saturated rings. The van der Waals surface area contributed by atoms with Gasteiger partial charge in [0.1, 0.15) is 11.1 Å². The van der Waals surface area contributed by atoms with Gasteiger partial charge in [0, 0.05) is 12.1 Å². The minimum atomic E-state index is -0.0980. The minimum Gasteiger partial charge on any atom is -0.293 e. The van der Waals surface area contributed by atoms with E-state index < -0.39 is 0 Å². The Balaban J connectivity index is 1.72. The molecule has 0 bridgehead atoms. The molecule has 0 unspecified atom stereocenters. The minimum absolute atomic E-state index is 0.0980. The predicted molar refractivity (Wildman–Crippen MR) is 93.8 cm³/mol. The van der Waals surface area contributed by atoms with E-state index in [4.69, 9.17) is 0 Å². The van der Waals surface area contributed by atoms with Gasteiger partial charge in [-0.3, -0.25) is 9.69 Å². The molecule has 0 radical (unpaired) electrons. The number of nitrogens with zero attached hydrogens (tertiary/aromatic N) is 3. The Morgan fingerprint density at radius 1 is 1.22 bits per heavy atom. The number of rotatable bonds is 1. The average Bonchev–Trinajstić information content (AvgIpc) is 3.04. The highest BCUT2D eigenvalue weighted by atomic mass is 32.2. The number of anilines is 1. The second-order valence-electron chi connectivity index (χ2n) is 6.48. The summed E-state index contributed by atoms with van der Waals surface area (Å²) in [7, 11) is 0. The van der Waals surface area contributed by atoms with E-state index >= 15 is 0 Å². The van der Waals surface area contributed by atoms with Gasteiger partial charge in [-0.15, -0.1) is 11.8 Å². The fourth-order valence-corrected chi connectivity index (χ4v) is 5.06. The van der Waals surface area contributed by atoms with Gasteiger partial charge in [-0.25, -0.2) is 4.68 Å². The summed E-state index contributed by atoms with van der Waals surface area (Å²) in [6, 6.07) is 10.9. The molecule has 23 heavy (non-hydrogen) atoms. The maximum Gasteiger partial charge on any atom is 0.246 e. The zero-order valence-corrected chi connectivity index (χ0v) is 14.3. The highest BCUT2D eigenvalue weighted by Crippen LogP contribution is 2.41. The Labute approximate surface area is 140 Å². The van der Waals surface area contributed by atoms with Gasteiger partial charge in [0.05, 0.1) is 12.2 Å². The molecule has 0 spiro atoms. The number of amides is 1. The molecular weight excluding hydrogens is 306 g/mol. The molecule has 1 amide bonds. The molecule has 2 aromatic rings. The maximum absolute atomic E-state index is 13.4. The molecule has 0 aliphatic carbocycles. The van der Waals surface area contributed by atoms with Crippen LogP contribution in [-0.4, -0.2) is 27.5 Å². The first-order chi connectivity index (χ1) is 11.2. The lowest BCUT2D eigenvalue weighted by Crippen LogP contribution is -2.47. The second-order valence-corrected chi connectivity index (χ2v) is 7.69. The van der Waals surface area contributed by atoms with Crippen LogP contribution in [0.15, 0.2) is 36.5 Å². The van der Waals surface area contributed by atoms with Gasteiger partial charge in [0.25, 0.3) is 0 Å². The van der Waals surface area contributed by atoms with Crippen LogP contribution in [0.5, 0.6) is 0 Å². The van der Waals surface area contributed by atoms with Crippen molar-refractivity contribution in [3.63, 3.8) is 0 Å². The molecule has 4 rings (SSSR count). The molecule has 1 aromatic carbocycles. The number of hydrogen-bond donors (Lipinski definition) is 0. The average molecular weight is 327 g/mol. The lowest BCUT2D eigenvalue weighted by molar-refractivity contribution is -0.119. The van der Waals surface area contributed by atoms with E-state index in [-0.39, 0.29) is 17.2 Å². The Hall–Kier alpha value is -1.75. The van der Waals surface area contributed by atoms with Gasteiger partial charge in [0.2, 0.25) is 5.91 Å². The number of carbonyl (C=O) groups excluding carboxylic acids is 1. The number of aromatic nitrogens is 2. The van der Waals surface area contributed by atoms with Gasteiger partial charge >= 0.3 is 0 Å². The van der Waals surface area contributed by atoms with Crippen LogP contribution in [0, 0.1) is 0 Å². The number of carbonyl (C=O) groups is 1. The first kappa shape index (κ1) is 14.8. The molecule has 0 saturated heterocycles. The Morgan fingerprint density at radius 3 is 2.91 bits per heavy atom. The second kappa shape index (κ2) is 5.71. The van der Waals surface area contributed by atoms with Crippen LogP contribution < -0.4 is 4.90 Å². The van der Waals surface area contributed by atoms with Crippen molar-refractivity contribution < 1.29 is 4.79 Å². The fourth-order valence-electron chi connectivity index (χ4n) is 3.82. The van der Waals surface area contributed by atoms with Crippen molar-refractivity contribution >= 4 is 23.5 Å². The van der Waals surface area contributed by atoms with Crippen LogP contribution in [-0.2, 0) is 11.2 Å². The summed E-state index contributed by atoms with van der Waals surface area (Å²) in [5, 5.41) is 4.31. The van der Waals surface area contributed by atoms with E-state index in [1.165, 1.54) is 11.1 Å². The molecule has 5 heteroatoms. The van der Waals surface area contributed by atoms with Gasteiger partial charge < -0.3 is 0 Å². The van der Waals surface area contributed by atoms with Crippen molar-refractivity contribution in [1.29, 1.82) is 0 Å². The Bertz CT molecular complexity index is 741. The van der Waals surface area contributed by atoms with E-state index in [0.29, 0.717) is 6.04 Å². The van der Waals surface area contributed by atoms with Crippen LogP contribution in [0.3, 0.4) is 0 Å². The van der Waals surface area contributed by atoms with E-state index in [2.05, 4.69) is 37.1 Å². The van der Waals surface area contributed by atoms with Crippen molar-refractivity contribution in [1.82, 2.24) is 9.78 Å². The molecule has 3 atom stereocenters. The van der Waals surface area contributed by atoms with E-state index in [1.54, 1.807) is 18.0 Å². The molecule has 1 aromatic heterocycles. The maximum atomic E-state index is 13.4. The summed E-state index contributed by atoms with van der Waals surface area (Å²) in [4.78, 5) is 15.3. The van der Waals surface area contributed by atoms with Gasteiger partial charge in [0.15, 0.2) is 0 Å². The molecule has 0 N–H and O–H groups in total. The zero-order valence-electron chi connectivity index (χ0n) is 13.5. The Morgan fingerprint density at radius 2 is 2.04 bits per heavy atom. The van der Waals surface area contributed by atoms with Gasteiger partial charge in [-0.1, -0.05) is 24.3 Å². The highest BCUT2D eigenvalue weighted by Gasteiger charge is 2.38. The van der Waals surface area contributed by atoms with Crippen LogP contribution in [0.1, 0.15) is 42.7 Å². The van der Waals surface area contributed by atoms with Crippen LogP contribution in [0.25, 0.3) is 0 Å². The number of aryl methyl sites for hydroxylation is 1. The van der Waals surface area contributed by atoms with Crippen molar-refractivity contribution in [2.45, 2.75) is 44.0 Å². The quantitative estimate of drug-likeness (QED) is 0.803. The van der Waals surface area contributed by atoms with Crippen molar-refractivity contribution in [3.05, 3.63) is 47.7 Å². The summed E-state index contributed by atoms with van der Waals surface area (Å²) in [6.07, 6.45) is 3.79. The number of fused-ring (bicyclic) bond motifs is 2. The summed E-state index contributed by atoms with van der Waals surface area (Å²) >= 11 is 1.77. The number of hydrogen-bond acceptors (Lipinski definition) is 3. The monoisotopic (exact) mass is 327 g/mol. The highest BCUT2D eigenvalue weighted by molar-refractivity contribution is 8.00. The first-order valence-electron chi connectivity index (χ1n) is 8.23. The van der Waals surface area contributed by atoms with Crippen molar-refractivity contribution in [2.24, 2.45) is 0 Å². The molecular formula is C18H21N3OS. The lowest BCUT2D eigenvalue weighted by atomic mass is 9.99. The van der Waals surface area contributed by atoms with Crippen LogP contribution >= 0.6 is 11.8 Å². The molecule has 2 aliphatic heterocycles. The third kappa shape index (κ3) is 2.38. The van der Waals surface area contributed by atoms with Crippen LogP contribution in [0.4, 0.5) is 5.82 Å².